The van der Waals surface area contributed by atoms with E-state index in [1.165, 1.54) is 0 Å². The second kappa shape index (κ2) is 6.41. The third kappa shape index (κ3) is 4.16. The largest absolute Gasteiger partial charge is 0.459 e. The molecular weight excluding hydrogens is 273 g/mol. The number of carbonyl (C=O) groups excluding carboxylic acids is 1. The van der Waals surface area contributed by atoms with Crippen LogP contribution in [0.5, 0.6) is 0 Å². The summed E-state index contributed by atoms with van der Waals surface area (Å²) in [7, 11) is 3.80. The first-order valence-corrected chi connectivity index (χ1v) is 6.38. The van der Waals surface area contributed by atoms with Gasteiger partial charge >= 0.3 is 5.97 Å². The van der Waals surface area contributed by atoms with Crippen LogP contribution in [-0.4, -0.2) is 37.6 Å². The predicted molar refractivity (Wildman–Crippen MR) is 73.9 cm³/mol. The van der Waals surface area contributed by atoms with Gasteiger partial charge in [-0.05, 0) is 26.6 Å². The van der Waals surface area contributed by atoms with Crippen molar-refractivity contribution in [1.82, 2.24) is 4.90 Å². The molecule has 18 heavy (non-hydrogen) atoms. The number of esters is 1. The summed E-state index contributed by atoms with van der Waals surface area (Å²) in [4.78, 5) is 13.9. The third-order valence-electron chi connectivity index (χ3n) is 2.32. The Labute approximate surface area is 118 Å². The molecule has 1 aromatic carbocycles. The second-order valence-electron chi connectivity index (χ2n) is 4.42. The lowest BCUT2D eigenvalue weighted by Gasteiger charge is -2.23. The Hall–Kier alpha value is -0.770. The maximum absolute atomic E-state index is 12.0. The minimum atomic E-state index is -1.66. The molecule has 1 atom stereocenters. The van der Waals surface area contributed by atoms with Crippen LogP contribution in [0.15, 0.2) is 30.3 Å². The third-order valence-corrected chi connectivity index (χ3v) is 3.07. The second-order valence-corrected chi connectivity index (χ2v) is 5.75. The molecule has 0 aromatic heterocycles. The highest BCUT2D eigenvalue weighted by Crippen LogP contribution is 2.35. The number of nitrogens with zero attached hydrogens (tertiary/aromatic N) is 1. The number of hydrogen-bond acceptors (Lipinski definition) is 3. The maximum atomic E-state index is 12.0. The number of alkyl halides is 2. The van der Waals surface area contributed by atoms with Gasteiger partial charge in [-0.3, -0.25) is 0 Å². The lowest BCUT2D eigenvalue weighted by atomic mass is 10.1. The first kappa shape index (κ1) is 15.3. The van der Waals surface area contributed by atoms with Crippen molar-refractivity contribution in [2.75, 3.05) is 20.6 Å². The number of halogens is 2. The van der Waals surface area contributed by atoms with Crippen LogP contribution >= 0.6 is 23.2 Å². The molecule has 0 N–H and O–H groups in total. The van der Waals surface area contributed by atoms with E-state index in [1.807, 2.05) is 25.1 Å². The van der Waals surface area contributed by atoms with Gasteiger partial charge in [-0.1, -0.05) is 53.5 Å². The van der Waals surface area contributed by atoms with Crippen molar-refractivity contribution >= 4 is 29.2 Å². The molecule has 5 heteroatoms. The molecule has 0 spiro atoms. The quantitative estimate of drug-likeness (QED) is 0.617. The van der Waals surface area contributed by atoms with Crippen molar-refractivity contribution in [2.24, 2.45) is 0 Å². The topological polar surface area (TPSA) is 29.5 Å². The Morgan fingerprint density at radius 3 is 2.39 bits per heavy atom. The highest BCUT2D eigenvalue weighted by Gasteiger charge is 2.38. The average Bonchev–Trinajstić information content (AvgIpc) is 2.28. The molecule has 0 heterocycles. The minimum absolute atomic E-state index is 0.270. The number of hydrogen-bond donors (Lipinski definition) is 0. The van der Waals surface area contributed by atoms with Gasteiger partial charge in [-0.15, -0.1) is 0 Å². The maximum Gasteiger partial charge on any atom is 0.347 e. The van der Waals surface area contributed by atoms with Crippen molar-refractivity contribution in [2.45, 2.75) is 17.4 Å². The molecule has 1 aromatic rings. The number of ether oxygens (including phenoxy) is 1. The average molecular weight is 290 g/mol. The summed E-state index contributed by atoms with van der Waals surface area (Å²) in [6, 6.07) is 8.75. The summed E-state index contributed by atoms with van der Waals surface area (Å²) in [5, 5.41) is 0. The number of carbonyl (C=O) groups is 1. The van der Waals surface area contributed by atoms with E-state index in [0.29, 0.717) is 12.1 Å². The van der Waals surface area contributed by atoms with Crippen molar-refractivity contribution in [3.63, 3.8) is 0 Å². The van der Waals surface area contributed by atoms with Crippen molar-refractivity contribution < 1.29 is 9.53 Å². The van der Waals surface area contributed by atoms with Gasteiger partial charge in [0.1, 0.15) is 6.10 Å². The number of benzene rings is 1. The van der Waals surface area contributed by atoms with Gasteiger partial charge in [0, 0.05) is 6.54 Å². The van der Waals surface area contributed by atoms with Crippen molar-refractivity contribution in [3.05, 3.63) is 35.9 Å². The Morgan fingerprint density at radius 2 is 1.89 bits per heavy atom. The Balaban J connectivity index is 2.71. The summed E-state index contributed by atoms with van der Waals surface area (Å²) in [6.07, 6.45) is -0.270. The SMILES string of the molecule is CC(CN(C)C)OC(=O)C(Cl)(Cl)c1ccccc1. The van der Waals surface area contributed by atoms with Crippen LogP contribution in [0.25, 0.3) is 0 Å². The van der Waals surface area contributed by atoms with E-state index in [1.54, 1.807) is 31.2 Å². The van der Waals surface area contributed by atoms with Crippen LogP contribution in [0, 0.1) is 0 Å². The molecule has 3 nitrogen and oxygen atoms in total. The smallest absolute Gasteiger partial charge is 0.347 e. The zero-order valence-electron chi connectivity index (χ0n) is 10.7. The van der Waals surface area contributed by atoms with E-state index in [9.17, 15) is 4.79 Å². The molecule has 0 fully saturated rings. The van der Waals surface area contributed by atoms with Gasteiger partial charge in [0.15, 0.2) is 0 Å². The normalized spacial score (nSPS) is 13.4. The van der Waals surface area contributed by atoms with E-state index in [2.05, 4.69) is 0 Å². The zero-order valence-corrected chi connectivity index (χ0v) is 12.2. The number of rotatable bonds is 5. The predicted octanol–water partition coefficient (Wildman–Crippen LogP) is 2.81. The van der Waals surface area contributed by atoms with Crippen LogP contribution < -0.4 is 0 Å². The minimum Gasteiger partial charge on any atom is -0.459 e. The molecule has 1 unspecified atom stereocenters. The van der Waals surface area contributed by atoms with E-state index < -0.39 is 10.3 Å². The number of likely N-dealkylation sites (N-methyl/N-ethyl adjacent to an activating group) is 1. The summed E-state index contributed by atoms with van der Waals surface area (Å²) in [5.74, 6) is -0.647. The fourth-order valence-corrected chi connectivity index (χ4v) is 1.91. The van der Waals surface area contributed by atoms with E-state index in [-0.39, 0.29) is 6.10 Å². The van der Waals surface area contributed by atoms with Gasteiger partial charge in [-0.25, -0.2) is 4.79 Å². The van der Waals surface area contributed by atoms with Crippen LogP contribution in [0.4, 0.5) is 0 Å². The summed E-state index contributed by atoms with van der Waals surface area (Å²) in [5.41, 5.74) is 0.510. The van der Waals surface area contributed by atoms with Gasteiger partial charge in [0.2, 0.25) is 4.33 Å². The molecule has 100 valence electrons. The Morgan fingerprint density at radius 1 is 1.33 bits per heavy atom. The van der Waals surface area contributed by atoms with Gasteiger partial charge in [0.25, 0.3) is 0 Å². The van der Waals surface area contributed by atoms with Gasteiger partial charge < -0.3 is 9.64 Å². The van der Waals surface area contributed by atoms with Crippen molar-refractivity contribution in [1.29, 1.82) is 0 Å². The van der Waals surface area contributed by atoms with Crippen LogP contribution in [0.1, 0.15) is 12.5 Å². The van der Waals surface area contributed by atoms with E-state index in [4.69, 9.17) is 27.9 Å². The molecule has 0 saturated carbocycles. The van der Waals surface area contributed by atoms with Crippen LogP contribution in [0.2, 0.25) is 0 Å². The van der Waals surface area contributed by atoms with Gasteiger partial charge in [0.05, 0.1) is 0 Å². The molecule has 0 radical (unpaired) electrons. The van der Waals surface area contributed by atoms with E-state index >= 15 is 0 Å². The monoisotopic (exact) mass is 289 g/mol. The Bertz CT molecular complexity index is 393. The zero-order chi connectivity index (χ0) is 13.8. The summed E-state index contributed by atoms with van der Waals surface area (Å²) < 4.78 is 3.57. The lowest BCUT2D eigenvalue weighted by molar-refractivity contribution is -0.149. The fourth-order valence-electron chi connectivity index (χ4n) is 1.57. The van der Waals surface area contributed by atoms with Crippen LogP contribution in [-0.2, 0) is 13.9 Å². The Kier molecular flexibility index (Phi) is 5.45. The lowest BCUT2D eigenvalue weighted by Crippen LogP contribution is -2.33. The highest BCUT2D eigenvalue weighted by molar-refractivity contribution is 6.56. The first-order chi connectivity index (χ1) is 8.34. The molecule has 0 aliphatic carbocycles. The molecule has 0 aliphatic rings. The molecule has 0 amide bonds. The van der Waals surface area contributed by atoms with Crippen LogP contribution in [0.3, 0.4) is 0 Å². The standard InChI is InChI=1S/C13H17Cl2NO2/c1-10(9-16(2)3)18-12(17)13(14,15)11-7-5-4-6-8-11/h4-8,10H,9H2,1-3H3. The molecule has 0 aliphatic heterocycles. The summed E-state index contributed by atoms with van der Waals surface area (Å²) >= 11 is 12.1. The van der Waals surface area contributed by atoms with Crippen molar-refractivity contribution in [3.8, 4) is 0 Å². The molecular formula is C13H17Cl2NO2. The van der Waals surface area contributed by atoms with E-state index in [0.717, 1.165) is 0 Å². The first-order valence-electron chi connectivity index (χ1n) is 5.63. The summed E-state index contributed by atoms with van der Waals surface area (Å²) in [6.45, 7) is 2.41. The fraction of sp³-hybridized carbons (Fsp3) is 0.462. The molecule has 0 bridgehead atoms. The van der Waals surface area contributed by atoms with Gasteiger partial charge in [-0.2, -0.15) is 0 Å². The molecule has 0 saturated heterocycles. The molecule has 1 rings (SSSR count). The highest BCUT2D eigenvalue weighted by atomic mass is 35.5.